The maximum Gasteiger partial charge on any atom is 0.410 e. The molecular weight excluding hydrogens is 382 g/mol. The predicted octanol–water partition coefficient (Wildman–Crippen LogP) is 3.63. The molecule has 0 aliphatic rings. The molecule has 1 N–H and O–H groups in total. The van der Waals surface area contributed by atoms with Crippen molar-refractivity contribution in [3.05, 3.63) is 53.1 Å². The number of esters is 1. The number of aromatic nitrogens is 2. The third-order valence-corrected chi connectivity index (χ3v) is 4.19. The highest BCUT2D eigenvalue weighted by molar-refractivity contribution is 6.30. The molecule has 7 nitrogen and oxygen atoms in total. The number of carbonyl (C=O) groups is 2. The van der Waals surface area contributed by atoms with Crippen molar-refractivity contribution in [2.75, 3.05) is 13.7 Å². The fraction of sp³-hybridized carbons (Fsp3) is 0.450. The second kappa shape index (κ2) is 9.59. The predicted molar refractivity (Wildman–Crippen MR) is 106 cm³/mol. The van der Waals surface area contributed by atoms with Crippen molar-refractivity contribution in [1.29, 1.82) is 0 Å². The molecule has 0 saturated heterocycles. The topological polar surface area (TPSA) is 84.5 Å². The van der Waals surface area contributed by atoms with Gasteiger partial charge in [0, 0.05) is 36.8 Å². The number of ether oxygens (including phenoxy) is 2. The SMILES string of the molecule is CN(C(=O)OC(C)(C)C)[C@@H](Cc1cnc[nH]1)C(=O)OCCc1ccc(Cl)cc1. The molecule has 8 heteroatoms. The number of hydrogen-bond acceptors (Lipinski definition) is 5. The third-order valence-electron chi connectivity index (χ3n) is 3.94. The molecule has 0 fully saturated rings. The highest BCUT2D eigenvalue weighted by Gasteiger charge is 2.32. The standard InChI is InChI=1S/C20H26ClN3O4/c1-20(2,3)28-19(26)24(4)17(11-16-12-22-13-23-16)18(25)27-10-9-14-5-7-15(21)8-6-14/h5-8,12-13,17H,9-11H2,1-4H3,(H,22,23)/t17-/m0/s1. The lowest BCUT2D eigenvalue weighted by molar-refractivity contribution is -0.149. The van der Waals surface area contributed by atoms with Crippen molar-refractivity contribution in [3.63, 3.8) is 0 Å². The van der Waals surface area contributed by atoms with E-state index in [0.717, 1.165) is 11.3 Å². The first-order valence-corrected chi connectivity index (χ1v) is 9.37. The zero-order valence-corrected chi connectivity index (χ0v) is 17.3. The summed E-state index contributed by atoms with van der Waals surface area (Å²) in [7, 11) is 1.52. The number of imidazole rings is 1. The van der Waals surface area contributed by atoms with Crippen molar-refractivity contribution >= 4 is 23.7 Å². The molecule has 2 rings (SSSR count). The number of hydrogen-bond donors (Lipinski definition) is 1. The maximum absolute atomic E-state index is 12.7. The maximum atomic E-state index is 12.7. The van der Waals surface area contributed by atoms with E-state index in [1.54, 1.807) is 39.1 Å². The summed E-state index contributed by atoms with van der Waals surface area (Å²) in [6.45, 7) is 5.51. The molecule has 0 aliphatic carbocycles. The van der Waals surface area contributed by atoms with Gasteiger partial charge in [0.15, 0.2) is 0 Å². The number of amides is 1. The zero-order chi connectivity index (χ0) is 20.7. The molecule has 1 atom stereocenters. The summed E-state index contributed by atoms with van der Waals surface area (Å²) in [5, 5.41) is 0.652. The lowest BCUT2D eigenvalue weighted by Gasteiger charge is -2.29. The normalized spacial score (nSPS) is 12.3. The van der Waals surface area contributed by atoms with Crippen LogP contribution < -0.4 is 0 Å². The fourth-order valence-electron chi connectivity index (χ4n) is 2.46. The second-order valence-electron chi connectivity index (χ2n) is 7.43. The number of benzene rings is 1. The van der Waals surface area contributed by atoms with Gasteiger partial charge in [-0.05, 0) is 38.5 Å². The van der Waals surface area contributed by atoms with Crippen LogP contribution in [0.3, 0.4) is 0 Å². The molecule has 0 bridgehead atoms. The highest BCUT2D eigenvalue weighted by atomic mass is 35.5. The van der Waals surface area contributed by atoms with Gasteiger partial charge in [-0.15, -0.1) is 0 Å². The van der Waals surface area contributed by atoms with Gasteiger partial charge in [0.25, 0.3) is 0 Å². The first-order valence-electron chi connectivity index (χ1n) is 9.00. The Kier molecular flexibility index (Phi) is 7.45. The molecule has 1 aromatic carbocycles. The molecule has 0 radical (unpaired) electrons. The summed E-state index contributed by atoms with van der Waals surface area (Å²) in [6, 6.07) is 6.50. The Morgan fingerprint density at radius 1 is 1.25 bits per heavy atom. The van der Waals surface area contributed by atoms with E-state index in [0.29, 0.717) is 11.4 Å². The molecule has 28 heavy (non-hydrogen) atoms. The van der Waals surface area contributed by atoms with Crippen LogP contribution in [0.1, 0.15) is 32.0 Å². The van der Waals surface area contributed by atoms with Crippen LogP contribution in [0.25, 0.3) is 0 Å². The van der Waals surface area contributed by atoms with Crippen LogP contribution in [-0.2, 0) is 27.1 Å². The Balaban J connectivity index is 2.01. The van der Waals surface area contributed by atoms with Crippen LogP contribution in [0.2, 0.25) is 5.02 Å². The van der Waals surface area contributed by atoms with Crippen molar-refractivity contribution in [2.24, 2.45) is 0 Å². The van der Waals surface area contributed by atoms with Gasteiger partial charge in [0.1, 0.15) is 11.6 Å². The molecule has 1 aromatic heterocycles. The van der Waals surface area contributed by atoms with E-state index >= 15 is 0 Å². The number of nitrogens with one attached hydrogen (secondary N) is 1. The number of carbonyl (C=O) groups excluding carboxylic acids is 2. The first kappa shape index (κ1) is 21.8. The van der Waals surface area contributed by atoms with Crippen LogP contribution in [0, 0.1) is 0 Å². The van der Waals surface area contributed by atoms with E-state index in [4.69, 9.17) is 21.1 Å². The Morgan fingerprint density at radius 3 is 2.50 bits per heavy atom. The molecule has 152 valence electrons. The van der Waals surface area contributed by atoms with Crippen molar-refractivity contribution in [3.8, 4) is 0 Å². The molecule has 2 aromatic rings. The third kappa shape index (κ3) is 6.88. The minimum atomic E-state index is -0.833. The summed E-state index contributed by atoms with van der Waals surface area (Å²) in [6.07, 6.45) is 3.33. The van der Waals surface area contributed by atoms with Crippen LogP contribution in [0.15, 0.2) is 36.8 Å². The van der Waals surface area contributed by atoms with E-state index in [2.05, 4.69) is 9.97 Å². The number of aromatic amines is 1. The molecule has 0 aliphatic heterocycles. The Bertz CT molecular complexity index is 770. The monoisotopic (exact) mass is 407 g/mol. The Labute approximate surface area is 170 Å². The molecule has 0 spiro atoms. The summed E-state index contributed by atoms with van der Waals surface area (Å²) in [5.41, 5.74) is 1.06. The van der Waals surface area contributed by atoms with Crippen LogP contribution in [-0.4, -0.2) is 52.2 Å². The van der Waals surface area contributed by atoms with Crippen LogP contribution >= 0.6 is 11.6 Å². The molecule has 1 heterocycles. The van der Waals surface area contributed by atoms with Crippen LogP contribution in [0.4, 0.5) is 4.79 Å². The van der Waals surface area contributed by atoms with Crippen molar-refractivity contribution in [2.45, 2.75) is 45.3 Å². The minimum absolute atomic E-state index is 0.197. The summed E-state index contributed by atoms with van der Waals surface area (Å²) < 4.78 is 10.8. The van der Waals surface area contributed by atoms with Gasteiger partial charge in [-0.25, -0.2) is 14.6 Å². The van der Waals surface area contributed by atoms with E-state index in [1.807, 2.05) is 12.1 Å². The summed E-state index contributed by atoms with van der Waals surface area (Å²) in [4.78, 5) is 33.3. The summed E-state index contributed by atoms with van der Waals surface area (Å²) in [5.74, 6) is -0.503. The average molecular weight is 408 g/mol. The Morgan fingerprint density at radius 2 is 1.93 bits per heavy atom. The van der Waals surface area contributed by atoms with Gasteiger partial charge in [-0.3, -0.25) is 4.90 Å². The quantitative estimate of drug-likeness (QED) is 0.708. The molecule has 1 amide bonds. The highest BCUT2D eigenvalue weighted by Crippen LogP contribution is 2.15. The van der Waals surface area contributed by atoms with Gasteiger partial charge < -0.3 is 14.5 Å². The van der Waals surface area contributed by atoms with E-state index < -0.39 is 23.7 Å². The lowest BCUT2D eigenvalue weighted by atomic mass is 10.1. The largest absolute Gasteiger partial charge is 0.464 e. The number of nitrogens with zero attached hydrogens (tertiary/aromatic N) is 2. The first-order chi connectivity index (χ1) is 13.2. The molecular formula is C20H26ClN3O4. The minimum Gasteiger partial charge on any atom is -0.464 e. The zero-order valence-electron chi connectivity index (χ0n) is 16.6. The Hall–Kier alpha value is -2.54. The summed E-state index contributed by atoms with van der Waals surface area (Å²) >= 11 is 5.87. The van der Waals surface area contributed by atoms with Crippen molar-refractivity contribution < 1.29 is 19.1 Å². The van der Waals surface area contributed by atoms with E-state index in [1.165, 1.54) is 18.3 Å². The van der Waals surface area contributed by atoms with Gasteiger partial charge in [-0.2, -0.15) is 0 Å². The molecule has 0 unspecified atom stereocenters. The van der Waals surface area contributed by atoms with Gasteiger partial charge in [0.2, 0.25) is 0 Å². The number of H-pyrrole nitrogens is 1. The van der Waals surface area contributed by atoms with Gasteiger partial charge in [-0.1, -0.05) is 23.7 Å². The number of rotatable bonds is 7. The van der Waals surface area contributed by atoms with Gasteiger partial charge in [0.05, 0.1) is 12.9 Å². The number of halogens is 1. The second-order valence-corrected chi connectivity index (χ2v) is 7.87. The molecule has 0 saturated carbocycles. The smallest absolute Gasteiger partial charge is 0.410 e. The van der Waals surface area contributed by atoms with Gasteiger partial charge >= 0.3 is 12.1 Å². The van der Waals surface area contributed by atoms with E-state index in [9.17, 15) is 9.59 Å². The number of likely N-dealkylation sites (N-methyl/N-ethyl adjacent to an activating group) is 1. The van der Waals surface area contributed by atoms with Crippen LogP contribution in [0.5, 0.6) is 0 Å². The fourth-order valence-corrected chi connectivity index (χ4v) is 2.59. The average Bonchev–Trinajstić information content (AvgIpc) is 3.12. The van der Waals surface area contributed by atoms with E-state index in [-0.39, 0.29) is 13.0 Å². The van der Waals surface area contributed by atoms with Crippen molar-refractivity contribution in [1.82, 2.24) is 14.9 Å². The lowest BCUT2D eigenvalue weighted by Crippen LogP contribution is -2.47.